The van der Waals surface area contributed by atoms with Gasteiger partial charge in [-0.2, -0.15) is 0 Å². The van der Waals surface area contributed by atoms with Gasteiger partial charge in [0.25, 0.3) is 17.7 Å². The van der Waals surface area contributed by atoms with E-state index in [9.17, 15) is 33.6 Å². The second kappa shape index (κ2) is 13.6. The van der Waals surface area contributed by atoms with Gasteiger partial charge in [0, 0.05) is 38.8 Å². The molecule has 1 aliphatic carbocycles. The summed E-state index contributed by atoms with van der Waals surface area (Å²) >= 11 is 0. The van der Waals surface area contributed by atoms with E-state index in [-0.39, 0.29) is 73.1 Å². The van der Waals surface area contributed by atoms with E-state index in [1.54, 1.807) is 0 Å². The number of imide groups is 1. The highest BCUT2D eigenvalue weighted by Crippen LogP contribution is 2.34. The van der Waals surface area contributed by atoms with E-state index in [4.69, 9.17) is 4.74 Å². The number of Topliss-reactive ketones (excluding diaryl/α,β-unsaturated/α-hetero) is 3. The molecule has 1 unspecified atom stereocenters. The van der Waals surface area contributed by atoms with E-state index in [1.807, 2.05) is 6.92 Å². The summed E-state index contributed by atoms with van der Waals surface area (Å²) in [7, 11) is 0. The van der Waals surface area contributed by atoms with Crippen LogP contribution in [0.4, 0.5) is 0 Å². The van der Waals surface area contributed by atoms with E-state index < -0.39 is 29.5 Å². The molecule has 0 spiro atoms. The van der Waals surface area contributed by atoms with Crippen molar-refractivity contribution in [2.75, 3.05) is 19.7 Å². The predicted octanol–water partition coefficient (Wildman–Crippen LogP) is 1.51. The van der Waals surface area contributed by atoms with Gasteiger partial charge < -0.3 is 15.4 Å². The fraction of sp³-hybridized carbons (Fsp3) is 0.519. The van der Waals surface area contributed by atoms with Crippen LogP contribution < -0.4 is 15.4 Å². The van der Waals surface area contributed by atoms with Crippen LogP contribution in [0.5, 0.6) is 5.75 Å². The third-order valence-electron chi connectivity index (χ3n) is 6.48. The van der Waals surface area contributed by atoms with Gasteiger partial charge in [-0.25, -0.2) is 0 Å². The standard InChI is InChI=1S/C27H33N3O8/c1-2-28-23(34)13-11-17(31)7-4-3-5-14-29-24(35)16-38-22-9-6-8-19-25(22)27(37)30(26(19)36)20-12-10-18(32)15-21(20)33/h6,8-9,20H,2-5,7,10-16H2,1H3,(H,28,34)(H,29,35). The van der Waals surface area contributed by atoms with Crippen molar-refractivity contribution in [1.29, 1.82) is 0 Å². The van der Waals surface area contributed by atoms with Gasteiger partial charge >= 0.3 is 0 Å². The summed E-state index contributed by atoms with van der Waals surface area (Å²) < 4.78 is 5.55. The molecule has 1 saturated carbocycles. The summed E-state index contributed by atoms with van der Waals surface area (Å²) in [5, 5.41) is 5.37. The van der Waals surface area contributed by atoms with Gasteiger partial charge in [0.1, 0.15) is 17.3 Å². The van der Waals surface area contributed by atoms with Gasteiger partial charge in [-0.1, -0.05) is 12.5 Å². The normalized spacial score (nSPS) is 16.9. The molecule has 1 atom stereocenters. The van der Waals surface area contributed by atoms with Gasteiger partial charge in [-0.05, 0) is 38.3 Å². The van der Waals surface area contributed by atoms with Crippen molar-refractivity contribution in [3.05, 3.63) is 29.3 Å². The van der Waals surface area contributed by atoms with Crippen molar-refractivity contribution in [1.82, 2.24) is 15.5 Å². The molecule has 4 amide bonds. The predicted molar refractivity (Wildman–Crippen MR) is 134 cm³/mol. The number of ketones is 3. The minimum atomic E-state index is -0.980. The highest BCUT2D eigenvalue weighted by Gasteiger charge is 2.45. The minimum Gasteiger partial charge on any atom is -0.483 e. The van der Waals surface area contributed by atoms with E-state index in [0.717, 1.165) is 11.3 Å². The Balaban J connectivity index is 1.41. The van der Waals surface area contributed by atoms with Crippen LogP contribution >= 0.6 is 0 Å². The number of unbranched alkanes of at least 4 members (excludes halogenated alkanes) is 2. The number of benzene rings is 1. The minimum absolute atomic E-state index is 0.00634. The maximum Gasteiger partial charge on any atom is 0.266 e. The first-order valence-electron chi connectivity index (χ1n) is 13.0. The van der Waals surface area contributed by atoms with Crippen LogP contribution in [0.25, 0.3) is 0 Å². The largest absolute Gasteiger partial charge is 0.483 e. The molecule has 1 aromatic rings. The van der Waals surface area contributed by atoms with Crippen molar-refractivity contribution in [2.45, 2.75) is 70.8 Å². The number of rotatable bonds is 14. The Bertz CT molecular complexity index is 1130. The highest BCUT2D eigenvalue weighted by molar-refractivity contribution is 6.24. The van der Waals surface area contributed by atoms with E-state index >= 15 is 0 Å². The summed E-state index contributed by atoms with van der Waals surface area (Å²) in [6.45, 7) is 2.38. The van der Waals surface area contributed by atoms with Crippen LogP contribution in [0, 0.1) is 0 Å². The van der Waals surface area contributed by atoms with Gasteiger partial charge in [-0.3, -0.25) is 38.5 Å². The van der Waals surface area contributed by atoms with Crippen LogP contribution in [-0.4, -0.2) is 71.6 Å². The summed E-state index contributed by atoms with van der Waals surface area (Å²) in [4.78, 5) is 86.2. The Hall–Kier alpha value is -3.89. The molecule has 1 heterocycles. The molecule has 1 aliphatic heterocycles. The molecule has 0 bridgehead atoms. The molecule has 2 N–H and O–H groups in total. The Morgan fingerprint density at radius 3 is 2.47 bits per heavy atom. The molecule has 204 valence electrons. The summed E-state index contributed by atoms with van der Waals surface area (Å²) in [5.74, 6) is -2.38. The molecule has 0 radical (unpaired) electrons. The second-order valence-electron chi connectivity index (χ2n) is 9.34. The third kappa shape index (κ3) is 7.33. The molecule has 1 fully saturated rings. The average molecular weight is 528 g/mol. The Kier molecular flexibility index (Phi) is 10.3. The molecule has 0 aromatic heterocycles. The first kappa shape index (κ1) is 28.7. The zero-order chi connectivity index (χ0) is 27.7. The molecule has 0 saturated heterocycles. The molecule has 2 aliphatic rings. The Morgan fingerprint density at radius 2 is 1.74 bits per heavy atom. The van der Waals surface area contributed by atoms with E-state index in [0.29, 0.717) is 32.4 Å². The molecule has 38 heavy (non-hydrogen) atoms. The van der Waals surface area contributed by atoms with Gasteiger partial charge in [0.15, 0.2) is 12.4 Å². The first-order chi connectivity index (χ1) is 18.2. The lowest BCUT2D eigenvalue weighted by molar-refractivity contribution is -0.132. The van der Waals surface area contributed by atoms with Crippen molar-refractivity contribution in [3.63, 3.8) is 0 Å². The lowest BCUT2D eigenvalue weighted by atomic mass is 9.92. The number of hydrogen-bond acceptors (Lipinski definition) is 8. The second-order valence-corrected chi connectivity index (χ2v) is 9.34. The quantitative estimate of drug-likeness (QED) is 0.210. The molecule has 11 heteroatoms. The maximum atomic E-state index is 13.1. The highest BCUT2D eigenvalue weighted by atomic mass is 16.5. The van der Waals surface area contributed by atoms with Crippen molar-refractivity contribution in [2.24, 2.45) is 0 Å². The molecule has 11 nitrogen and oxygen atoms in total. The smallest absolute Gasteiger partial charge is 0.266 e. The molecular weight excluding hydrogens is 494 g/mol. The molecule has 3 rings (SSSR count). The van der Waals surface area contributed by atoms with Crippen LogP contribution in [-0.2, 0) is 24.0 Å². The lowest BCUT2D eigenvalue weighted by Crippen LogP contribution is -2.47. The average Bonchev–Trinajstić information content (AvgIpc) is 3.14. The maximum absolute atomic E-state index is 13.1. The van der Waals surface area contributed by atoms with Crippen LogP contribution in [0.2, 0.25) is 0 Å². The fourth-order valence-corrected chi connectivity index (χ4v) is 4.52. The lowest BCUT2D eigenvalue weighted by Gasteiger charge is -2.27. The number of fused-ring (bicyclic) bond motifs is 1. The number of nitrogens with one attached hydrogen (secondary N) is 2. The van der Waals surface area contributed by atoms with E-state index in [2.05, 4.69) is 10.6 Å². The number of amides is 4. The number of ether oxygens (including phenoxy) is 1. The Labute approximate surface area is 220 Å². The monoisotopic (exact) mass is 527 g/mol. The summed E-state index contributed by atoms with van der Waals surface area (Å²) in [5.41, 5.74) is 0.102. The third-order valence-corrected chi connectivity index (χ3v) is 6.48. The Morgan fingerprint density at radius 1 is 0.947 bits per heavy atom. The molecule has 1 aromatic carbocycles. The summed E-state index contributed by atoms with van der Waals surface area (Å²) in [6, 6.07) is 3.50. The van der Waals surface area contributed by atoms with Gasteiger partial charge in [0.2, 0.25) is 5.91 Å². The fourth-order valence-electron chi connectivity index (χ4n) is 4.52. The topological polar surface area (TPSA) is 156 Å². The number of carbonyl (C=O) groups excluding carboxylic acids is 7. The zero-order valence-electron chi connectivity index (χ0n) is 21.5. The van der Waals surface area contributed by atoms with E-state index in [1.165, 1.54) is 18.2 Å². The summed E-state index contributed by atoms with van der Waals surface area (Å²) in [6.07, 6.45) is 2.82. The van der Waals surface area contributed by atoms with Crippen molar-refractivity contribution < 1.29 is 38.3 Å². The van der Waals surface area contributed by atoms with Gasteiger partial charge in [-0.15, -0.1) is 0 Å². The first-order valence-corrected chi connectivity index (χ1v) is 13.0. The number of carbonyl (C=O) groups is 7. The number of hydrogen-bond donors (Lipinski definition) is 2. The van der Waals surface area contributed by atoms with Crippen LogP contribution in [0.15, 0.2) is 18.2 Å². The van der Waals surface area contributed by atoms with Crippen LogP contribution in [0.1, 0.15) is 85.4 Å². The zero-order valence-corrected chi connectivity index (χ0v) is 21.5. The SMILES string of the molecule is CCNC(=O)CCC(=O)CCCCCNC(=O)COc1cccc2c1C(=O)N(C1CCC(=O)CC1=O)C2=O. The number of nitrogens with zero attached hydrogens (tertiary/aromatic N) is 1. The van der Waals surface area contributed by atoms with Crippen molar-refractivity contribution >= 4 is 41.0 Å². The molecular formula is C27H33N3O8. The van der Waals surface area contributed by atoms with Crippen molar-refractivity contribution in [3.8, 4) is 5.75 Å². The van der Waals surface area contributed by atoms with Crippen LogP contribution in [0.3, 0.4) is 0 Å². The van der Waals surface area contributed by atoms with Gasteiger partial charge in [0.05, 0.1) is 23.6 Å².